The minimum atomic E-state index is -0.282. The molecule has 5 rings (SSSR count). The van der Waals surface area contributed by atoms with Crippen molar-refractivity contribution >= 4 is 22.4 Å². The van der Waals surface area contributed by atoms with Gasteiger partial charge in [0.25, 0.3) is 5.91 Å². The molecule has 0 radical (unpaired) electrons. The maximum absolute atomic E-state index is 12.7. The monoisotopic (exact) mass is 442 g/mol. The standard InChI is InChI=1S/C27H26N2O4/c30-27(28-22-8-3-5-20(17-22)18-29-13-15-31-16-14-29)26-12-11-23(33-26)19-32-25-10-4-7-21-6-1-2-9-24(21)25/h1-12,17H,13-16,18-19H2,(H,28,30). The highest BCUT2D eigenvalue weighted by atomic mass is 16.5. The number of hydrogen-bond acceptors (Lipinski definition) is 5. The Labute approximate surface area is 192 Å². The second kappa shape index (κ2) is 9.90. The number of benzene rings is 3. The lowest BCUT2D eigenvalue weighted by molar-refractivity contribution is 0.0342. The number of amides is 1. The van der Waals surface area contributed by atoms with Gasteiger partial charge in [0.15, 0.2) is 5.76 Å². The third-order valence-corrected chi connectivity index (χ3v) is 5.70. The molecule has 0 spiro atoms. The van der Waals surface area contributed by atoms with Gasteiger partial charge in [0.2, 0.25) is 0 Å². The molecule has 1 aromatic heterocycles. The molecule has 1 aliphatic heterocycles. The quantitative estimate of drug-likeness (QED) is 0.432. The van der Waals surface area contributed by atoms with Crippen molar-refractivity contribution < 1.29 is 18.7 Å². The number of anilines is 1. The van der Waals surface area contributed by atoms with Crippen LogP contribution in [-0.2, 0) is 17.9 Å². The highest BCUT2D eigenvalue weighted by Gasteiger charge is 2.14. The van der Waals surface area contributed by atoms with Gasteiger partial charge in [0, 0.05) is 30.7 Å². The van der Waals surface area contributed by atoms with Gasteiger partial charge in [0.05, 0.1) is 13.2 Å². The van der Waals surface area contributed by atoms with Crippen LogP contribution in [0.1, 0.15) is 21.9 Å². The fourth-order valence-electron chi connectivity index (χ4n) is 4.01. The Morgan fingerprint density at radius 1 is 0.939 bits per heavy atom. The van der Waals surface area contributed by atoms with Gasteiger partial charge in [-0.25, -0.2) is 0 Å². The topological polar surface area (TPSA) is 63.9 Å². The predicted octanol–water partition coefficient (Wildman–Crippen LogP) is 5.10. The van der Waals surface area contributed by atoms with Crippen molar-refractivity contribution in [3.05, 3.63) is 95.9 Å². The molecule has 6 nitrogen and oxygen atoms in total. The van der Waals surface area contributed by atoms with Crippen LogP contribution in [0.15, 0.2) is 83.3 Å². The van der Waals surface area contributed by atoms with E-state index in [1.807, 2.05) is 60.7 Å². The fraction of sp³-hybridized carbons (Fsp3) is 0.222. The fourth-order valence-corrected chi connectivity index (χ4v) is 4.01. The van der Waals surface area contributed by atoms with Crippen molar-refractivity contribution in [1.29, 1.82) is 0 Å². The number of fused-ring (bicyclic) bond motifs is 1. The Kier molecular flexibility index (Phi) is 6.37. The summed E-state index contributed by atoms with van der Waals surface area (Å²) in [6.45, 7) is 4.46. The number of hydrogen-bond donors (Lipinski definition) is 1. The van der Waals surface area contributed by atoms with E-state index < -0.39 is 0 Å². The van der Waals surface area contributed by atoms with Crippen LogP contribution in [0, 0.1) is 0 Å². The van der Waals surface area contributed by atoms with Crippen molar-refractivity contribution in [1.82, 2.24) is 4.90 Å². The van der Waals surface area contributed by atoms with E-state index in [0.717, 1.165) is 60.6 Å². The Morgan fingerprint density at radius 3 is 2.67 bits per heavy atom. The first-order valence-electron chi connectivity index (χ1n) is 11.1. The number of furan rings is 1. The highest BCUT2D eigenvalue weighted by Crippen LogP contribution is 2.26. The maximum atomic E-state index is 12.7. The molecule has 1 N–H and O–H groups in total. The van der Waals surface area contributed by atoms with Crippen LogP contribution in [0.4, 0.5) is 5.69 Å². The summed E-state index contributed by atoms with van der Waals surface area (Å²) in [6.07, 6.45) is 0. The Morgan fingerprint density at radius 2 is 1.76 bits per heavy atom. The molecular weight excluding hydrogens is 416 g/mol. The van der Waals surface area contributed by atoms with Crippen LogP contribution >= 0.6 is 0 Å². The molecule has 0 bridgehead atoms. The van der Waals surface area contributed by atoms with Crippen molar-refractivity contribution in [3.63, 3.8) is 0 Å². The number of morpholine rings is 1. The molecule has 168 valence electrons. The van der Waals surface area contributed by atoms with Crippen LogP contribution in [-0.4, -0.2) is 37.1 Å². The summed E-state index contributed by atoms with van der Waals surface area (Å²) >= 11 is 0. The summed E-state index contributed by atoms with van der Waals surface area (Å²) in [5.74, 6) is 1.35. The minimum absolute atomic E-state index is 0.246. The first-order chi connectivity index (χ1) is 16.2. The van der Waals surface area contributed by atoms with E-state index >= 15 is 0 Å². The molecule has 0 aliphatic carbocycles. The lowest BCUT2D eigenvalue weighted by Crippen LogP contribution is -2.35. The molecule has 0 unspecified atom stereocenters. The summed E-state index contributed by atoms with van der Waals surface area (Å²) in [7, 11) is 0. The van der Waals surface area contributed by atoms with Gasteiger partial charge >= 0.3 is 0 Å². The van der Waals surface area contributed by atoms with Gasteiger partial charge < -0.3 is 19.2 Å². The van der Waals surface area contributed by atoms with E-state index in [4.69, 9.17) is 13.9 Å². The van der Waals surface area contributed by atoms with Gasteiger partial charge in [-0.15, -0.1) is 0 Å². The molecule has 1 fully saturated rings. The van der Waals surface area contributed by atoms with Crippen molar-refractivity contribution in [2.75, 3.05) is 31.6 Å². The van der Waals surface area contributed by atoms with Crippen molar-refractivity contribution in [2.24, 2.45) is 0 Å². The van der Waals surface area contributed by atoms with Gasteiger partial charge in [-0.2, -0.15) is 0 Å². The van der Waals surface area contributed by atoms with Crippen LogP contribution in [0.3, 0.4) is 0 Å². The average Bonchev–Trinajstić information content (AvgIpc) is 3.33. The van der Waals surface area contributed by atoms with Crippen LogP contribution < -0.4 is 10.1 Å². The summed E-state index contributed by atoms with van der Waals surface area (Å²) in [5, 5.41) is 5.09. The molecular formula is C27H26N2O4. The lowest BCUT2D eigenvalue weighted by atomic mass is 10.1. The van der Waals surface area contributed by atoms with E-state index in [2.05, 4.69) is 16.3 Å². The van der Waals surface area contributed by atoms with E-state index in [9.17, 15) is 4.79 Å². The van der Waals surface area contributed by atoms with Gasteiger partial charge in [-0.3, -0.25) is 9.69 Å². The van der Waals surface area contributed by atoms with E-state index in [0.29, 0.717) is 5.76 Å². The first-order valence-corrected chi connectivity index (χ1v) is 11.1. The third kappa shape index (κ3) is 5.25. The molecule has 1 amide bonds. The maximum Gasteiger partial charge on any atom is 0.291 e. The van der Waals surface area contributed by atoms with Crippen molar-refractivity contribution in [3.8, 4) is 5.75 Å². The summed E-state index contributed by atoms with van der Waals surface area (Å²) in [4.78, 5) is 15.1. The van der Waals surface area contributed by atoms with E-state index in [-0.39, 0.29) is 18.3 Å². The number of nitrogens with zero attached hydrogens (tertiary/aromatic N) is 1. The zero-order chi connectivity index (χ0) is 22.5. The number of carbonyl (C=O) groups is 1. The van der Waals surface area contributed by atoms with Crippen LogP contribution in [0.2, 0.25) is 0 Å². The molecule has 0 atom stereocenters. The molecule has 33 heavy (non-hydrogen) atoms. The smallest absolute Gasteiger partial charge is 0.291 e. The average molecular weight is 443 g/mol. The third-order valence-electron chi connectivity index (χ3n) is 5.70. The Hall–Kier alpha value is -3.61. The van der Waals surface area contributed by atoms with Crippen LogP contribution in [0.5, 0.6) is 5.75 Å². The molecule has 3 aromatic carbocycles. The van der Waals surface area contributed by atoms with Crippen LogP contribution in [0.25, 0.3) is 10.8 Å². The van der Waals surface area contributed by atoms with Gasteiger partial charge in [-0.05, 0) is 41.3 Å². The normalized spacial score (nSPS) is 14.3. The second-order valence-electron chi connectivity index (χ2n) is 8.07. The van der Waals surface area contributed by atoms with E-state index in [1.54, 1.807) is 12.1 Å². The van der Waals surface area contributed by atoms with Gasteiger partial charge in [0.1, 0.15) is 18.1 Å². The molecule has 2 heterocycles. The zero-order valence-electron chi connectivity index (χ0n) is 18.3. The first kappa shape index (κ1) is 21.2. The molecule has 1 saturated heterocycles. The predicted molar refractivity (Wildman–Crippen MR) is 127 cm³/mol. The number of rotatable bonds is 7. The van der Waals surface area contributed by atoms with Crippen molar-refractivity contribution in [2.45, 2.75) is 13.2 Å². The Bertz CT molecular complexity index is 1240. The minimum Gasteiger partial charge on any atom is -0.485 e. The summed E-state index contributed by atoms with van der Waals surface area (Å²) in [6, 6.07) is 25.4. The number of nitrogens with one attached hydrogen (secondary N) is 1. The number of ether oxygens (including phenoxy) is 2. The second-order valence-corrected chi connectivity index (χ2v) is 8.07. The van der Waals surface area contributed by atoms with E-state index in [1.165, 1.54) is 0 Å². The highest BCUT2D eigenvalue weighted by molar-refractivity contribution is 6.02. The molecule has 1 aliphatic rings. The van der Waals surface area contributed by atoms with Gasteiger partial charge in [-0.1, -0.05) is 48.5 Å². The lowest BCUT2D eigenvalue weighted by Gasteiger charge is -2.26. The SMILES string of the molecule is O=C(Nc1cccc(CN2CCOCC2)c1)c1ccc(COc2cccc3ccccc23)o1. The largest absolute Gasteiger partial charge is 0.485 e. The summed E-state index contributed by atoms with van der Waals surface area (Å²) < 4.78 is 17.1. The Balaban J connectivity index is 1.20. The number of carbonyl (C=O) groups excluding carboxylic acids is 1. The zero-order valence-corrected chi connectivity index (χ0v) is 18.3. The molecule has 0 saturated carbocycles. The molecule has 4 aromatic rings. The summed E-state index contributed by atoms with van der Waals surface area (Å²) in [5.41, 5.74) is 1.90. The molecule has 6 heteroatoms.